The molecule has 1 aromatic carbocycles. The molecule has 7 nitrogen and oxygen atoms in total. The summed E-state index contributed by atoms with van der Waals surface area (Å²) in [5, 5.41) is 16.9. The van der Waals surface area contributed by atoms with Crippen LogP contribution in [0.1, 0.15) is 17.0 Å². The van der Waals surface area contributed by atoms with E-state index in [2.05, 4.69) is 21.3 Å². The summed E-state index contributed by atoms with van der Waals surface area (Å²) in [6.45, 7) is 0. The highest BCUT2D eigenvalue weighted by Gasteiger charge is 2.35. The minimum atomic E-state index is -0.419. The number of nitrogens with one attached hydrogen (secondary N) is 1. The van der Waals surface area contributed by atoms with Gasteiger partial charge in [-0.15, -0.1) is 5.10 Å². The van der Waals surface area contributed by atoms with E-state index in [9.17, 15) is 5.26 Å². The van der Waals surface area contributed by atoms with Crippen LogP contribution in [0.15, 0.2) is 60.2 Å². The highest BCUT2D eigenvalue weighted by atomic mass is 16.5. The highest BCUT2D eigenvalue weighted by molar-refractivity contribution is 5.71. The molecule has 0 radical (unpaired) electrons. The van der Waals surface area contributed by atoms with Crippen molar-refractivity contribution in [3.63, 3.8) is 0 Å². The molecule has 0 spiro atoms. The molecule has 0 aliphatic carbocycles. The SMILES string of the molecule is COc1cccc(-c2[nH]nc3c2C(c2cccnc2)C(C#N)=C(N)O3)c1. The lowest BCUT2D eigenvalue weighted by Crippen LogP contribution is -2.21. The van der Waals surface area contributed by atoms with Crippen molar-refractivity contribution in [2.75, 3.05) is 7.11 Å². The molecule has 26 heavy (non-hydrogen) atoms. The van der Waals surface area contributed by atoms with E-state index in [1.54, 1.807) is 19.5 Å². The number of benzene rings is 1. The molecule has 1 aliphatic heterocycles. The number of aromatic amines is 1. The summed E-state index contributed by atoms with van der Waals surface area (Å²) >= 11 is 0. The van der Waals surface area contributed by atoms with Crippen molar-refractivity contribution < 1.29 is 9.47 Å². The van der Waals surface area contributed by atoms with E-state index in [1.807, 2.05) is 36.4 Å². The van der Waals surface area contributed by atoms with Crippen molar-refractivity contribution >= 4 is 0 Å². The second kappa shape index (κ2) is 6.26. The summed E-state index contributed by atoms with van der Waals surface area (Å²) in [6.07, 6.45) is 3.40. The molecule has 0 amide bonds. The first-order chi connectivity index (χ1) is 12.7. The van der Waals surface area contributed by atoms with Crippen LogP contribution in [-0.2, 0) is 0 Å². The molecule has 0 saturated carbocycles. The fraction of sp³-hybridized carbons (Fsp3) is 0.105. The van der Waals surface area contributed by atoms with Crippen LogP contribution in [0, 0.1) is 11.3 Å². The van der Waals surface area contributed by atoms with Crippen LogP contribution in [0.5, 0.6) is 11.6 Å². The Morgan fingerprint density at radius 3 is 2.92 bits per heavy atom. The van der Waals surface area contributed by atoms with Gasteiger partial charge in [-0.25, -0.2) is 0 Å². The maximum Gasteiger partial charge on any atom is 0.244 e. The van der Waals surface area contributed by atoms with E-state index in [0.717, 1.165) is 28.1 Å². The third kappa shape index (κ3) is 2.45. The van der Waals surface area contributed by atoms with Crippen LogP contribution < -0.4 is 15.2 Å². The quantitative estimate of drug-likeness (QED) is 0.755. The number of ether oxygens (including phenoxy) is 2. The van der Waals surface area contributed by atoms with Crippen LogP contribution in [-0.4, -0.2) is 22.3 Å². The summed E-state index contributed by atoms with van der Waals surface area (Å²) in [5.74, 6) is 0.708. The van der Waals surface area contributed by atoms with Gasteiger partial charge < -0.3 is 15.2 Å². The van der Waals surface area contributed by atoms with Crippen LogP contribution >= 0.6 is 0 Å². The van der Waals surface area contributed by atoms with E-state index < -0.39 is 5.92 Å². The summed E-state index contributed by atoms with van der Waals surface area (Å²) in [6, 6.07) is 13.5. The molecule has 7 heteroatoms. The van der Waals surface area contributed by atoms with Crippen molar-refractivity contribution in [3.05, 3.63) is 71.4 Å². The molecule has 128 valence electrons. The number of hydrogen-bond donors (Lipinski definition) is 2. The second-order valence-corrected chi connectivity index (χ2v) is 5.76. The zero-order chi connectivity index (χ0) is 18.1. The molecule has 0 fully saturated rings. The number of H-pyrrole nitrogens is 1. The molecule has 2 aromatic heterocycles. The fourth-order valence-corrected chi connectivity index (χ4v) is 3.12. The summed E-state index contributed by atoms with van der Waals surface area (Å²) in [5.41, 5.74) is 9.49. The van der Waals surface area contributed by atoms with E-state index in [4.69, 9.17) is 15.2 Å². The Balaban J connectivity index is 1.94. The average Bonchev–Trinajstić information content (AvgIpc) is 3.10. The van der Waals surface area contributed by atoms with Crippen molar-refractivity contribution in [2.45, 2.75) is 5.92 Å². The number of pyridine rings is 1. The van der Waals surface area contributed by atoms with Crippen molar-refractivity contribution in [2.24, 2.45) is 5.73 Å². The Hall–Kier alpha value is -3.79. The number of hydrogen-bond acceptors (Lipinski definition) is 6. The summed E-state index contributed by atoms with van der Waals surface area (Å²) in [4.78, 5) is 4.18. The molecular weight excluding hydrogens is 330 g/mol. The van der Waals surface area contributed by atoms with E-state index in [0.29, 0.717) is 11.5 Å². The number of nitriles is 1. The van der Waals surface area contributed by atoms with Crippen LogP contribution in [0.25, 0.3) is 11.3 Å². The van der Waals surface area contributed by atoms with E-state index in [-0.39, 0.29) is 5.88 Å². The zero-order valence-electron chi connectivity index (χ0n) is 13.9. The van der Waals surface area contributed by atoms with Gasteiger partial charge in [0.1, 0.15) is 17.4 Å². The monoisotopic (exact) mass is 345 g/mol. The maximum absolute atomic E-state index is 9.66. The van der Waals surface area contributed by atoms with E-state index in [1.165, 1.54) is 0 Å². The number of fused-ring (bicyclic) bond motifs is 1. The normalized spacial score (nSPS) is 15.8. The Bertz CT molecular complexity index is 1030. The number of rotatable bonds is 3. The largest absolute Gasteiger partial charge is 0.497 e. The molecule has 0 bridgehead atoms. The van der Waals surface area contributed by atoms with Gasteiger partial charge in [0.05, 0.1) is 24.3 Å². The van der Waals surface area contributed by atoms with Gasteiger partial charge in [0.2, 0.25) is 11.8 Å². The highest BCUT2D eigenvalue weighted by Crippen LogP contribution is 2.45. The van der Waals surface area contributed by atoms with Crippen LogP contribution in [0.2, 0.25) is 0 Å². The van der Waals surface area contributed by atoms with Gasteiger partial charge in [-0.2, -0.15) is 5.26 Å². The Morgan fingerprint density at radius 2 is 2.19 bits per heavy atom. The summed E-state index contributed by atoms with van der Waals surface area (Å²) < 4.78 is 10.9. The minimum Gasteiger partial charge on any atom is -0.497 e. The summed E-state index contributed by atoms with van der Waals surface area (Å²) in [7, 11) is 1.61. The zero-order valence-corrected chi connectivity index (χ0v) is 13.9. The van der Waals surface area contributed by atoms with Gasteiger partial charge in [-0.1, -0.05) is 18.2 Å². The predicted molar refractivity (Wildman–Crippen MR) is 94.1 cm³/mol. The predicted octanol–water partition coefficient (Wildman–Crippen LogP) is 2.70. The van der Waals surface area contributed by atoms with Gasteiger partial charge >= 0.3 is 0 Å². The fourth-order valence-electron chi connectivity index (χ4n) is 3.12. The Morgan fingerprint density at radius 1 is 1.31 bits per heavy atom. The lowest BCUT2D eigenvalue weighted by Gasteiger charge is -2.23. The molecule has 1 aliphatic rings. The Labute approximate surface area is 149 Å². The Kier molecular flexibility index (Phi) is 3.78. The first kappa shape index (κ1) is 15.7. The maximum atomic E-state index is 9.66. The van der Waals surface area contributed by atoms with Gasteiger partial charge in [0.25, 0.3) is 0 Å². The second-order valence-electron chi connectivity index (χ2n) is 5.76. The minimum absolute atomic E-state index is 0.0533. The molecule has 0 saturated heterocycles. The van der Waals surface area contributed by atoms with Gasteiger partial charge in [-0.05, 0) is 23.8 Å². The number of methoxy groups -OCH3 is 1. The van der Waals surface area contributed by atoms with Gasteiger partial charge in [0, 0.05) is 18.0 Å². The standard InChI is InChI=1S/C19H15N5O2/c1-25-13-6-2-4-11(8-13)17-16-15(12-5-3-7-22-10-12)14(9-20)18(21)26-19(16)24-23-17/h2-8,10,15H,21H2,1H3,(H,23,24). The number of aromatic nitrogens is 3. The van der Waals surface area contributed by atoms with Crippen LogP contribution in [0.3, 0.4) is 0 Å². The third-order valence-electron chi connectivity index (χ3n) is 4.32. The lowest BCUT2D eigenvalue weighted by atomic mass is 9.84. The topological polar surface area (TPSA) is 110 Å². The smallest absolute Gasteiger partial charge is 0.244 e. The number of nitrogens with zero attached hydrogens (tertiary/aromatic N) is 3. The van der Waals surface area contributed by atoms with Crippen molar-refractivity contribution in [1.29, 1.82) is 5.26 Å². The molecule has 3 N–H and O–H groups in total. The lowest BCUT2D eigenvalue weighted by molar-refractivity contribution is 0.379. The van der Waals surface area contributed by atoms with E-state index >= 15 is 0 Å². The van der Waals surface area contributed by atoms with Crippen molar-refractivity contribution in [1.82, 2.24) is 15.2 Å². The molecule has 1 atom stereocenters. The van der Waals surface area contributed by atoms with Gasteiger partial charge in [0.15, 0.2) is 0 Å². The molecule has 1 unspecified atom stereocenters. The molecule has 3 heterocycles. The number of nitrogens with two attached hydrogens (primary N) is 1. The van der Waals surface area contributed by atoms with Crippen LogP contribution in [0.4, 0.5) is 0 Å². The first-order valence-corrected chi connectivity index (χ1v) is 7.93. The molecule has 3 aromatic rings. The number of allylic oxidation sites excluding steroid dienone is 1. The average molecular weight is 345 g/mol. The first-order valence-electron chi connectivity index (χ1n) is 7.93. The van der Waals surface area contributed by atoms with Gasteiger partial charge in [-0.3, -0.25) is 10.1 Å². The molecular formula is C19H15N5O2. The molecule has 4 rings (SSSR count). The van der Waals surface area contributed by atoms with Crippen molar-refractivity contribution in [3.8, 4) is 29.0 Å². The third-order valence-corrected chi connectivity index (χ3v) is 4.32.